The number of rotatable bonds is 3. The van der Waals surface area contributed by atoms with Gasteiger partial charge in [0, 0.05) is 9.90 Å². The van der Waals surface area contributed by atoms with E-state index in [4.69, 9.17) is 11.6 Å². The molecular formula is C19H16ClF3N4OS. The molecule has 2 heterocycles. The Morgan fingerprint density at radius 1 is 1.31 bits per heavy atom. The number of thiazole rings is 1. The first kappa shape index (κ1) is 19.9. The van der Waals surface area contributed by atoms with Crippen LogP contribution in [0.4, 0.5) is 18.3 Å². The highest BCUT2D eigenvalue weighted by Gasteiger charge is 2.40. The van der Waals surface area contributed by atoms with Crippen LogP contribution in [0.5, 0.6) is 0 Å². The summed E-state index contributed by atoms with van der Waals surface area (Å²) >= 11 is 7.12. The Hall–Kier alpha value is -2.39. The third-order valence-corrected chi connectivity index (χ3v) is 6.05. The van der Waals surface area contributed by atoms with Crippen molar-refractivity contribution in [2.75, 3.05) is 5.32 Å². The molecule has 3 aromatic rings. The lowest BCUT2D eigenvalue weighted by Crippen LogP contribution is -2.20. The quantitative estimate of drug-likeness (QED) is 0.595. The smallest absolute Gasteiger partial charge is 0.298 e. The normalized spacial score (nSPS) is 16.5. The maximum atomic E-state index is 13.8. The second-order valence-corrected chi connectivity index (χ2v) is 8.50. The Bertz CT molecular complexity index is 1060. The molecule has 1 aromatic carbocycles. The summed E-state index contributed by atoms with van der Waals surface area (Å²) in [5.74, 6) is -0.363. The number of hydrogen-bond acceptors (Lipinski definition) is 4. The Labute approximate surface area is 173 Å². The maximum Gasteiger partial charge on any atom is 0.434 e. The van der Waals surface area contributed by atoms with Crippen LogP contribution in [-0.4, -0.2) is 20.7 Å². The third-order valence-electron chi connectivity index (χ3n) is 4.76. The zero-order valence-electron chi connectivity index (χ0n) is 15.3. The molecular weight excluding hydrogens is 425 g/mol. The molecule has 1 N–H and O–H groups in total. The van der Waals surface area contributed by atoms with Crippen LogP contribution in [0.25, 0.3) is 5.69 Å². The van der Waals surface area contributed by atoms with E-state index in [-0.39, 0.29) is 5.69 Å². The van der Waals surface area contributed by atoms with Crippen LogP contribution in [0.1, 0.15) is 40.0 Å². The summed E-state index contributed by atoms with van der Waals surface area (Å²) in [6, 6.07) is 5.73. The van der Waals surface area contributed by atoms with Crippen LogP contribution in [-0.2, 0) is 19.0 Å². The standard InChI is InChI=1S/C19H16ClF3N4OS/c1-10-2-7-14-15(8-10)29-18(25-14)26-17(28)13-9-24-27(16(13)19(21,22)23)12-5-3-11(20)4-6-12/h3-6,9-10H,2,7-8H2,1H3,(H,25,26,28). The zero-order valence-corrected chi connectivity index (χ0v) is 16.8. The number of aromatic nitrogens is 3. The summed E-state index contributed by atoms with van der Waals surface area (Å²) in [7, 11) is 0. The van der Waals surface area contributed by atoms with Gasteiger partial charge in [0.15, 0.2) is 10.8 Å². The van der Waals surface area contributed by atoms with Crippen LogP contribution in [0, 0.1) is 5.92 Å². The Morgan fingerprint density at radius 3 is 2.72 bits per heavy atom. The summed E-state index contributed by atoms with van der Waals surface area (Å²) in [6.07, 6.45) is -1.17. The molecule has 0 fully saturated rings. The molecule has 10 heteroatoms. The number of amides is 1. The van der Waals surface area contributed by atoms with Gasteiger partial charge in [-0.3, -0.25) is 10.1 Å². The fourth-order valence-electron chi connectivity index (χ4n) is 3.32. The summed E-state index contributed by atoms with van der Waals surface area (Å²) in [5.41, 5.74) is -0.642. The Kier molecular flexibility index (Phi) is 5.12. The van der Waals surface area contributed by atoms with Crippen molar-refractivity contribution in [3.63, 3.8) is 0 Å². The Balaban J connectivity index is 1.66. The van der Waals surface area contributed by atoms with Gasteiger partial charge in [0.05, 0.1) is 23.1 Å². The van der Waals surface area contributed by atoms with E-state index in [1.54, 1.807) is 0 Å². The van der Waals surface area contributed by atoms with E-state index in [0.29, 0.717) is 20.8 Å². The second kappa shape index (κ2) is 7.46. The molecule has 1 aliphatic rings. The van der Waals surface area contributed by atoms with Gasteiger partial charge in [0.1, 0.15) is 0 Å². The topological polar surface area (TPSA) is 59.8 Å². The summed E-state index contributed by atoms with van der Waals surface area (Å²) < 4.78 is 42.0. The number of aryl methyl sites for hydroxylation is 1. The van der Waals surface area contributed by atoms with Gasteiger partial charge in [-0.15, -0.1) is 11.3 Å². The van der Waals surface area contributed by atoms with E-state index in [2.05, 4.69) is 22.3 Å². The van der Waals surface area contributed by atoms with Gasteiger partial charge in [-0.1, -0.05) is 18.5 Å². The van der Waals surface area contributed by atoms with Crippen LogP contribution in [0.3, 0.4) is 0 Å². The van der Waals surface area contributed by atoms with Gasteiger partial charge in [0.2, 0.25) is 0 Å². The lowest BCUT2D eigenvalue weighted by atomic mass is 9.93. The number of alkyl halides is 3. The summed E-state index contributed by atoms with van der Waals surface area (Å²) in [5, 5.41) is 7.00. The van der Waals surface area contributed by atoms with Crippen LogP contribution in [0.15, 0.2) is 30.5 Å². The molecule has 4 rings (SSSR count). The van der Waals surface area contributed by atoms with E-state index >= 15 is 0 Å². The molecule has 29 heavy (non-hydrogen) atoms. The lowest BCUT2D eigenvalue weighted by molar-refractivity contribution is -0.143. The van der Waals surface area contributed by atoms with Gasteiger partial charge < -0.3 is 0 Å². The molecule has 1 amide bonds. The molecule has 0 saturated carbocycles. The van der Waals surface area contributed by atoms with E-state index in [9.17, 15) is 18.0 Å². The number of nitrogens with one attached hydrogen (secondary N) is 1. The van der Waals surface area contributed by atoms with Crippen LogP contribution < -0.4 is 5.32 Å². The molecule has 1 unspecified atom stereocenters. The average molecular weight is 441 g/mol. The van der Waals surface area contributed by atoms with Crippen molar-refractivity contribution in [2.45, 2.75) is 32.4 Å². The first-order valence-electron chi connectivity index (χ1n) is 8.93. The van der Waals surface area contributed by atoms with Gasteiger partial charge in [-0.2, -0.15) is 18.3 Å². The first-order valence-corrected chi connectivity index (χ1v) is 10.1. The predicted octanol–water partition coefficient (Wildman–Crippen LogP) is 5.38. The van der Waals surface area contributed by atoms with Gasteiger partial charge in [-0.05, 0) is 49.4 Å². The van der Waals surface area contributed by atoms with E-state index in [1.165, 1.54) is 35.6 Å². The molecule has 152 valence electrons. The molecule has 0 spiro atoms. The minimum Gasteiger partial charge on any atom is -0.298 e. The van der Waals surface area contributed by atoms with Crippen molar-refractivity contribution in [3.8, 4) is 5.69 Å². The molecule has 0 saturated heterocycles. The second-order valence-electron chi connectivity index (χ2n) is 6.98. The molecule has 1 atom stereocenters. The van der Waals surface area contributed by atoms with E-state index < -0.39 is 23.3 Å². The SMILES string of the molecule is CC1CCc2nc(NC(=O)c3cnn(-c4ccc(Cl)cc4)c3C(F)(F)F)sc2C1. The number of hydrogen-bond donors (Lipinski definition) is 1. The Morgan fingerprint density at radius 2 is 2.03 bits per heavy atom. The molecule has 1 aliphatic carbocycles. The van der Waals surface area contributed by atoms with Crippen molar-refractivity contribution < 1.29 is 18.0 Å². The van der Waals surface area contributed by atoms with Crippen molar-refractivity contribution in [1.82, 2.24) is 14.8 Å². The fourth-order valence-corrected chi connectivity index (χ4v) is 4.62. The van der Waals surface area contributed by atoms with E-state index in [0.717, 1.165) is 36.0 Å². The highest BCUT2D eigenvalue weighted by molar-refractivity contribution is 7.15. The number of fused-ring (bicyclic) bond motifs is 1. The van der Waals surface area contributed by atoms with Gasteiger partial charge in [-0.25, -0.2) is 9.67 Å². The van der Waals surface area contributed by atoms with Crippen molar-refractivity contribution in [2.24, 2.45) is 5.92 Å². The summed E-state index contributed by atoms with van der Waals surface area (Å²) in [6.45, 7) is 2.14. The lowest BCUT2D eigenvalue weighted by Gasteiger charge is -2.15. The minimum atomic E-state index is -4.78. The van der Waals surface area contributed by atoms with Gasteiger partial charge >= 0.3 is 6.18 Å². The molecule has 0 radical (unpaired) electrons. The van der Waals surface area contributed by atoms with Crippen LogP contribution in [0.2, 0.25) is 5.02 Å². The highest BCUT2D eigenvalue weighted by atomic mass is 35.5. The number of nitrogens with zero attached hydrogens (tertiary/aromatic N) is 3. The number of benzene rings is 1. The van der Waals surface area contributed by atoms with Crippen molar-refractivity contribution in [3.05, 3.63) is 57.3 Å². The van der Waals surface area contributed by atoms with Crippen molar-refractivity contribution in [1.29, 1.82) is 0 Å². The van der Waals surface area contributed by atoms with E-state index in [1.807, 2.05) is 0 Å². The highest BCUT2D eigenvalue weighted by Crippen LogP contribution is 2.35. The van der Waals surface area contributed by atoms with Gasteiger partial charge in [0.25, 0.3) is 5.91 Å². The first-order chi connectivity index (χ1) is 13.7. The number of carbonyl (C=O) groups is 1. The average Bonchev–Trinajstić information content (AvgIpc) is 3.25. The fraction of sp³-hybridized carbons (Fsp3) is 0.316. The molecule has 2 aromatic heterocycles. The number of anilines is 1. The molecule has 0 bridgehead atoms. The number of halogens is 4. The largest absolute Gasteiger partial charge is 0.434 e. The molecule has 5 nitrogen and oxygen atoms in total. The van der Waals surface area contributed by atoms with Crippen molar-refractivity contribution >= 4 is 34.0 Å². The molecule has 0 aliphatic heterocycles. The predicted molar refractivity (Wildman–Crippen MR) is 105 cm³/mol. The maximum absolute atomic E-state index is 13.8. The monoisotopic (exact) mass is 440 g/mol. The summed E-state index contributed by atoms with van der Waals surface area (Å²) in [4.78, 5) is 18.1. The minimum absolute atomic E-state index is 0.152. The van der Waals surface area contributed by atoms with Crippen LogP contribution >= 0.6 is 22.9 Å². The third kappa shape index (κ3) is 4.02. The zero-order chi connectivity index (χ0) is 20.8. The number of carbonyl (C=O) groups excluding carboxylic acids is 1.